The molecule has 0 unspecified atom stereocenters. The van der Waals surface area contributed by atoms with Crippen molar-refractivity contribution in [2.75, 3.05) is 0 Å². The average molecular weight is 240 g/mol. The van der Waals surface area contributed by atoms with E-state index in [1.165, 1.54) is 5.41 Å². The minimum atomic E-state index is -3.24. The van der Waals surface area contributed by atoms with Gasteiger partial charge in [0, 0.05) is 5.41 Å². The first-order valence-electron chi connectivity index (χ1n) is 4.81. The maximum Gasteiger partial charge on any atom is 0.199 e. The van der Waals surface area contributed by atoms with Crippen molar-refractivity contribution >= 4 is 17.9 Å². The molecule has 0 aliphatic carbocycles. The van der Waals surface area contributed by atoms with Gasteiger partial charge in [0.1, 0.15) is 0 Å². The summed E-state index contributed by atoms with van der Waals surface area (Å²) in [5.41, 5.74) is 1.84. The molecule has 4 heteroatoms. The molecule has 0 atom stereocenters. The molecular weight excluding hydrogens is 224 g/mol. The molecule has 1 aromatic carbocycles. The van der Waals surface area contributed by atoms with Crippen molar-refractivity contribution in [1.82, 2.24) is 0 Å². The van der Waals surface area contributed by atoms with Crippen LogP contribution >= 0.6 is 0 Å². The molecule has 0 saturated carbocycles. The number of benzene rings is 1. The van der Waals surface area contributed by atoms with Gasteiger partial charge < -0.3 is 0 Å². The van der Waals surface area contributed by atoms with Gasteiger partial charge in [0.25, 0.3) is 0 Å². The average Bonchev–Trinajstić information content (AvgIpc) is 2.16. The number of hydrogen-bond acceptors (Lipinski definition) is 2. The molecule has 0 aromatic heterocycles. The molecule has 1 rings (SSSR count). The van der Waals surface area contributed by atoms with Crippen LogP contribution in [-0.4, -0.2) is 16.5 Å². The third-order valence-corrected chi connectivity index (χ3v) is 4.65. The Morgan fingerprint density at radius 3 is 2.07 bits per heavy atom. The van der Waals surface area contributed by atoms with Crippen LogP contribution in [-0.2, 0) is 9.84 Å². The number of rotatable bonds is 3. The highest BCUT2D eigenvalue weighted by atomic mass is 32.2. The minimum absolute atomic E-state index is 0.361. The van der Waals surface area contributed by atoms with Gasteiger partial charge >= 0.3 is 0 Å². The highest BCUT2D eigenvalue weighted by molar-refractivity contribution is 7.94. The fourth-order valence-corrected chi connectivity index (χ4v) is 4.03. The number of hydrogen-bond donors (Lipinski definition) is 0. The Hall–Kier alpha value is -0.873. The predicted molar refractivity (Wildman–Crippen MR) is 66.1 cm³/mol. The predicted octanol–water partition coefficient (Wildman–Crippen LogP) is 2.85. The Labute approximate surface area is 92.6 Å². The van der Waals surface area contributed by atoms with E-state index < -0.39 is 17.9 Å². The number of sulfone groups is 1. The lowest BCUT2D eigenvalue weighted by atomic mass is 10.4. The lowest BCUT2D eigenvalue weighted by molar-refractivity contribution is 0.604. The van der Waals surface area contributed by atoms with Crippen LogP contribution in [0.1, 0.15) is 0 Å². The zero-order valence-corrected chi connectivity index (χ0v) is 11.1. The molecular formula is C11H16O2SSi. The fraction of sp³-hybridized carbons (Fsp3) is 0.273. The summed E-state index contributed by atoms with van der Waals surface area (Å²) >= 11 is 0. The fourth-order valence-electron chi connectivity index (χ4n) is 0.982. The van der Waals surface area contributed by atoms with Gasteiger partial charge in [-0.25, -0.2) is 8.42 Å². The van der Waals surface area contributed by atoms with Crippen LogP contribution in [0.4, 0.5) is 0 Å². The van der Waals surface area contributed by atoms with E-state index in [4.69, 9.17) is 0 Å². The minimum Gasteiger partial charge on any atom is -0.219 e. The highest BCUT2D eigenvalue weighted by Gasteiger charge is 2.13. The SMILES string of the molecule is C[Si](C)(C)/C=C\S(=O)(=O)c1ccccc1. The largest absolute Gasteiger partial charge is 0.219 e. The summed E-state index contributed by atoms with van der Waals surface area (Å²) in [6, 6.07) is 8.50. The molecule has 82 valence electrons. The molecule has 0 saturated heterocycles. The summed E-state index contributed by atoms with van der Waals surface area (Å²) < 4.78 is 23.6. The van der Waals surface area contributed by atoms with Gasteiger partial charge in [0.05, 0.1) is 13.0 Å². The third kappa shape index (κ3) is 4.01. The van der Waals surface area contributed by atoms with E-state index in [2.05, 4.69) is 19.6 Å². The molecule has 0 heterocycles. The molecule has 0 fully saturated rings. The third-order valence-electron chi connectivity index (χ3n) is 1.82. The molecule has 1 aromatic rings. The van der Waals surface area contributed by atoms with Gasteiger partial charge in [-0.1, -0.05) is 43.5 Å². The van der Waals surface area contributed by atoms with Gasteiger partial charge in [0.2, 0.25) is 0 Å². The zero-order valence-electron chi connectivity index (χ0n) is 9.27. The van der Waals surface area contributed by atoms with Gasteiger partial charge in [-0.3, -0.25) is 0 Å². The summed E-state index contributed by atoms with van der Waals surface area (Å²) in [5.74, 6) is 0. The first-order chi connectivity index (χ1) is 6.81. The van der Waals surface area contributed by atoms with Crippen molar-refractivity contribution in [3.05, 3.63) is 41.4 Å². The second-order valence-electron chi connectivity index (χ2n) is 4.53. The summed E-state index contributed by atoms with van der Waals surface area (Å²) in [5, 5.41) is 1.34. The van der Waals surface area contributed by atoms with E-state index in [1.807, 2.05) is 5.70 Å². The second-order valence-corrected chi connectivity index (χ2v) is 11.4. The van der Waals surface area contributed by atoms with Crippen molar-refractivity contribution in [2.24, 2.45) is 0 Å². The summed E-state index contributed by atoms with van der Waals surface area (Å²) in [6.07, 6.45) is 0. The quantitative estimate of drug-likeness (QED) is 0.761. The van der Waals surface area contributed by atoms with Gasteiger partial charge in [0.15, 0.2) is 9.84 Å². The maximum atomic E-state index is 11.8. The maximum absolute atomic E-state index is 11.8. The molecule has 0 spiro atoms. The normalized spacial score (nSPS) is 13.3. The summed E-state index contributed by atoms with van der Waals surface area (Å²) in [7, 11) is -4.70. The highest BCUT2D eigenvalue weighted by Crippen LogP contribution is 2.13. The molecule has 2 nitrogen and oxygen atoms in total. The molecule has 0 N–H and O–H groups in total. The standard InChI is InChI=1S/C11H16O2SSi/c1-15(2,3)10-9-14(12,13)11-7-5-4-6-8-11/h4-10H,1-3H3/b10-9-. The van der Waals surface area contributed by atoms with Crippen LogP contribution in [0, 0.1) is 0 Å². The molecule has 0 aliphatic heterocycles. The first-order valence-corrected chi connectivity index (χ1v) is 9.93. The van der Waals surface area contributed by atoms with Gasteiger partial charge in [-0.2, -0.15) is 0 Å². The monoisotopic (exact) mass is 240 g/mol. The van der Waals surface area contributed by atoms with E-state index in [1.54, 1.807) is 30.3 Å². The topological polar surface area (TPSA) is 34.1 Å². The van der Waals surface area contributed by atoms with E-state index in [-0.39, 0.29) is 0 Å². The molecule has 0 aliphatic rings. The lowest BCUT2D eigenvalue weighted by Gasteiger charge is -2.08. The Morgan fingerprint density at radius 2 is 1.60 bits per heavy atom. The Balaban J connectivity index is 3.01. The first kappa shape index (κ1) is 12.2. The van der Waals surface area contributed by atoms with Crippen LogP contribution in [0.2, 0.25) is 19.6 Å². The van der Waals surface area contributed by atoms with Crippen LogP contribution in [0.5, 0.6) is 0 Å². The Morgan fingerprint density at radius 1 is 1.07 bits per heavy atom. The van der Waals surface area contributed by atoms with Crippen LogP contribution in [0.3, 0.4) is 0 Å². The van der Waals surface area contributed by atoms with E-state index in [9.17, 15) is 8.42 Å². The summed E-state index contributed by atoms with van der Waals surface area (Å²) in [6.45, 7) is 6.30. The van der Waals surface area contributed by atoms with Crippen molar-refractivity contribution in [1.29, 1.82) is 0 Å². The zero-order chi connectivity index (χ0) is 11.5. The lowest BCUT2D eigenvalue weighted by Crippen LogP contribution is -2.16. The van der Waals surface area contributed by atoms with E-state index in [0.717, 1.165) is 0 Å². The van der Waals surface area contributed by atoms with Gasteiger partial charge in [-0.05, 0) is 12.1 Å². The van der Waals surface area contributed by atoms with E-state index in [0.29, 0.717) is 4.90 Å². The molecule has 0 amide bonds. The molecule has 0 bridgehead atoms. The van der Waals surface area contributed by atoms with Crippen LogP contribution in [0.15, 0.2) is 46.3 Å². The smallest absolute Gasteiger partial charge is 0.199 e. The van der Waals surface area contributed by atoms with Crippen molar-refractivity contribution in [3.63, 3.8) is 0 Å². The summed E-state index contributed by atoms with van der Waals surface area (Å²) in [4.78, 5) is 0.361. The molecule has 0 radical (unpaired) electrons. The Bertz CT molecular complexity index is 441. The van der Waals surface area contributed by atoms with Crippen LogP contribution in [0.25, 0.3) is 0 Å². The van der Waals surface area contributed by atoms with Crippen molar-refractivity contribution < 1.29 is 8.42 Å². The van der Waals surface area contributed by atoms with Crippen LogP contribution < -0.4 is 0 Å². The van der Waals surface area contributed by atoms with Gasteiger partial charge in [-0.15, -0.1) is 0 Å². The van der Waals surface area contributed by atoms with E-state index >= 15 is 0 Å². The molecule has 15 heavy (non-hydrogen) atoms. The second kappa shape index (κ2) is 4.33. The Kier molecular flexibility index (Phi) is 3.52. The van der Waals surface area contributed by atoms with Crippen molar-refractivity contribution in [3.8, 4) is 0 Å². The van der Waals surface area contributed by atoms with Crippen molar-refractivity contribution in [2.45, 2.75) is 24.5 Å².